The van der Waals surface area contributed by atoms with Gasteiger partial charge >= 0.3 is 6.03 Å². The Morgan fingerprint density at radius 3 is 2.38 bits per heavy atom. The summed E-state index contributed by atoms with van der Waals surface area (Å²) in [5, 5.41) is 2.84. The zero-order valence-electron chi connectivity index (χ0n) is 10.0. The lowest BCUT2D eigenvalue weighted by Crippen LogP contribution is -2.32. The van der Waals surface area contributed by atoms with Crippen molar-refractivity contribution in [2.75, 3.05) is 11.4 Å². The largest absolute Gasteiger partial charge is 0.336 e. The number of hydrogen-bond acceptors (Lipinski definition) is 1. The summed E-state index contributed by atoms with van der Waals surface area (Å²) in [6, 6.07) is 8.48. The third-order valence-electron chi connectivity index (χ3n) is 3.05. The molecule has 0 radical (unpaired) electrons. The Balaban J connectivity index is 2.24. The predicted octanol–water partition coefficient (Wildman–Crippen LogP) is 2.73. The third kappa shape index (κ3) is 1.90. The van der Waals surface area contributed by atoms with Crippen LogP contribution in [0.15, 0.2) is 24.3 Å². The molecule has 0 spiro atoms. The summed E-state index contributed by atoms with van der Waals surface area (Å²) in [5.74, 6) is 0.527. The Morgan fingerprint density at radius 2 is 1.94 bits per heavy atom. The lowest BCUT2D eigenvalue weighted by atomic mass is 10.0. The molecular weight excluding hydrogens is 200 g/mol. The van der Waals surface area contributed by atoms with E-state index in [-0.39, 0.29) is 12.1 Å². The van der Waals surface area contributed by atoms with Gasteiger partial charge in [0.1, 0.15) is 0 Å². The molecule has 1 aromatic rings. The first-order valence-electron chi connectivity index (χ1n) is 5.76. The van der Waals surface area contributed by atoms with Crippen LogP contribution in [0.4, 0.5) is 10.5 Å². The number of benzene rings is 1. The van der Waals surface area contributed by atoms with Crippen molar-refractivity contribution in [3.8, 4) is 0 Å². The zero-order chi connectivity index (χ0) is 11.7. The van der Waals surface area contributed by atoms with Crippen LogP contribution in [0.3, 0.4) is 0 Å². The minimum atomic E-state index is 0.00444. The van der Waals surface area contributed by atoms with Gasteiger partial charge in [-0.3, -0.25) is 4.90 Å². The molecule has 0 aliphatic carbocycles. The molecule has 1 fully saturated rings. The number of hydrogen-bond donors (Lipinski definition) is 1. The Labute approximate surface area is 96.5 Å². The van der Waals surface area contributed by atoms with E-state index in [1.54, 1.807) is 0 Å². The van der Waals surface area contributed by atoms with Crippen molar-refractivity contribution in [3.05, 3.63) is 29.8 Å². The molecule has 1 atom stereocenters. The third-order valence-corrected chi connectivity index (χ3v) is 3.05. The molecule has 1 unspecified atom stereocenters. The Kier molecular flexibility index (Phi) is 2.86. The summed E-state index contributed by atoms with van der Waals surface area (Å²) in [5.41, 5.74) is 2.28. The average molecular weight is 218 g/mol. The maximum Gasteiger partial charge on any atom is 0.322 e. The molecule has 0 aromatic heterocycles. The van der Waals surface area contributed by atoms with Crippen molar-refractivity contribution in [3.63, 3.8) is 0 Å². The Morgan fingerprint density at radius 1 is 1.31 bits per heavy atom. The second-order valence-electron chi connectivity index (χ2n) is 4.65. The number of nitrogens with one attached hydrogen (secondary N) is 1. The highest BCUT2D eigenvalue weighted by atomic mass is 16.2. The smallest absolute Gasteiger partial charge is 0.322 e. The van der Waals surface area contributed by atoms with Crippen LogP contribution >= 0.6 is 0 Å². The SMILES string of the molecule is CC(C)c1ccc(N2C(=O)NCC2C)cc1. The van der Waals surface area contributed by atoms with Crippen molar-refractivity contribution in [2.45, 2.75) is 32.7 Å². The molecule has 0 saturated carbocycles. The van der Waals surface area contributed by atoms with Gasteiger partial charge in [0, 0.05) is 12.2 Å². The monoisotopic (exact) mass is 218 g/mol. The molecule has 86 valence electrons. The number of carbonyl (C=O) groups is 1. The summed E-state index contributed by atoms with van der Waals surface area (Å²) in [4.78, 5) is 13.4. The van der Waals surface area contributed by atoms with Crippen LogP contribution in [-0.4, -0.2) is 18.6 Å². The molecule has 3 heteroatoms. The number of urea groups is 1. The quantitative estimate of drug-likeness (QED) is 0.813. The van der Waals surface area contributed by atoms with Gasteiger partial charge in [-0.1, -0.05) is 26.0 Å². The van der Waals surface area contributed by atoms with E-state index in [2.05, 4.69) is 31.3 Å². The molecule has 1 saturated heterocycles. The molecule has 2 rings (SSSR count). The first-order valence-corrected chi connectivity index (χ1v) is 5.76. The summed E-state index contributed by atoms with van der Waals surface area (Å²) in [6.45, 7) is 7.11. The van der Waals surface area contributed by atoms with Gasteiger partial charge in [-0.05, 0) is 30.5 Å². The van der Waals surface area contributed by atoms with Crippen LogP contribution in [0, 0.1) is 0 Å². The maximum absolute atomic E-state index is 11.6. The summed E-state index contributed by atoms with van der Waals surface area (Å²) in [6.07, 6.45) is 0. The van der Waals surface area contributed by atoms with E-state index in [1.807, 2.05) is 24.0 Å². The van der Waals surface area contributed by atoms with E-state index in [9.17, 15) is 4.79 Å². The number of carbonyl (C=O) groups excluding carboxylic acids is 1. The zero-order valence-corrected chi connectivity index (χ0v) is 10.0. The van der Waals surface area contributed by atoms with Gasteiger partial charge in [-0.15, -0.1) is 0 Å². The fraction of sp³-hybridized carbons (Fsp3) is 0.462. The van der Waals surface area contributed by atoms with E-state index < -0.39 is 0 Å². The highest BCUT2D eigenvalue weighted by molar-refractivity contribution is 5.94. The summed E-state index contributed by atoms with van der Waals surface area (Å²) >= 11 is 0. The van der Waals surface area contributed by atoms with Gasteiger partial charge in [0.05, 0.1) is 6.04 Å². The van der Waals surface area contributed by atoms with Gasteiger partial charge in [-0.25, -0.2) is 4.79 Å². The summed E-state index contributed by atoms with van der Waals surface area (Å²) < 4.78 is 0. The molecule has 1 aliphatic rings. The molecule has 1 N–H and O–H groups in total. The number of nitrogens with zero attached hydrogens (tertiary/aromatic N) is 1. The summed E-state index contributed by atoms with van der Waals surface area (Å²) in [7, 11) is 0. The first kappa shape index (κ1) is 11.0. The van der Waals surface area contributed by atoms with Gasteiger partial charge < -0.3 is 5.32 Å². The van der Waals surface area contributed by atoms with Crippen molar-refractivity contribution < 1.29 is 4.79 Å². The standard InChI is InChI=1S/C13H18N2O/c1-9(2)11-4-6-12(7-5-11)15-10(3)8-14-13(15)16/h4-7,9-10H,8H2,1-3H3,(H,14,16). The highest BCUT2D eigenvalue weighted by Gasteiger charge is 2.28. The topological polar surface area (TPSA) is 32.3 Å². The van der Waals surface area contributed by atoms with Gasteiger partial charge in [0.15, 0.2) is 0 Å². The van der Waals surface area contributed by atoms with Gasteiger partial charge in [-0.2, -0.15) is 0 Å². The molecular formula is C13H18N2O. The molecule has 0 bridgehead atoms. The normalized spacial score (nSPS) is 20.4. The van der Waals surface area contributed by atoms with Crippen molar-refractivity contribution in [1.82, 2.24) is 5.32 Å². The lowest BCUT2D eigenvalue weighted by molar-refractivity contribution is 0.252. The van der Waals surface area contributed by atoms with Crippen molar-refractivity contribution in [1.29, 1.82) is 0 Å². The average Bonchev–Trinajstić information content (AvgIpc) is 2.59. The van der Waals surface area contributed by atoms with Crippen molar-refractivity contribution in [2.24, 2.45) is 0 Å². The lowest BCUT2D eigenvalue weighted by Gasteiger charge is -2.20. The number of amides is 2. The minimum absolute atomic E-state index is 0.00444. The van der Waals surface area contributed by atoms with Crippen LogP contribution in [0.25, 0.3) is 0 Å². The van der Waals surface area contributed by atoms with E-state index >= 15 is 0 Å². The second kappa shape index (κ2) is 4.16. The van der Waals surface area contributed by atoms with Crippen LogP contribution < -0.4 is 10.2 Å². The molecule has 3 nitrogen and oxygen atoms in total. The minimum Gasteiger partial charge on any atom is -0.336 e. The highest BCUT2D eigenvalue weighted by Crippen LogP contribution is 2.23. The van der Waals surface area contributed by atoms with Crippen molar-refractivity contribution >= 4 is 11.7 Å². The van der Waals surface area contributed by atoms with Gasteiger partial charge in [0.2, 0.25) is 0 Å². The van der Waals surface area contributed by atoms with Crippen LogP contribution in [0.5, 0.6) is 0 Å². The van der Waals surface area contributed by atoms with Crippen LogP contribution in [-0.2, 0) is 0 Å². The van der Waals surface area contributed by atoms with Gasteiger partial charge in [0.25, 0.3) is 0 Å². The maximum atomic E-state index is 11.6. The van der Waals surface area contributed by atoms with Crippen LogP contribution in [0.1, 0.15) is 32.3 Å². The van der Waals surface area contributed by atoms with E-state index in [0.717, 1.165) is 12.2 Å². The predicted molar refractivity (Wildman–Crippen MR) is 65.9 cm³/mol. The second-order valence-corrected chi connectivity index (χ2v) is 4.65. The fourth-order valence-corrected chi connectivity index (χ4v) is 2.00. The van der Waals surface area contributed by atoms with Crippen LogP contribution in [0.2, 0.25) is 0 Å². The molecule has 1 heterocycles. The molecule has 1 aliphatic heterocycles. The molecule has 2 amide bonds. The number of rotatable bonds is 2. The molecule has 1 aromatic carbocycles. The van der Waals surface area contributed by atoms with E-state index in [4.69, 9.17) is 0 Å². The van der Waals surface area contributed by atoms with E-state index in [1.165, 1.54) is 5.56 Å². The fourth-order valence-electron chi connectivity index (χ4n) is 2.00. The van der Waals surface area contributed by atoms with E-state index in [0.29, 0.717) is 5.92 Å². The first-order chi connectivity index (χ1) is 7.59. The number of anilines is 1. The Bertz CT molecular complexity index is 383. The Hall–Kier alpha value is -1.51. The molecule has 16 heavy (non-hydrogen) atoms.